The fourth-order valence-electron chi connectivity index (χ4n) is 2.35. The molecular formula is C18H14F3N3OS2. The summed E-state index contributed by atoms with van der Waals surface area (Å²) in [6.07, 6.45) is -1.07. The van der Waals surface area contributed by atoms with Gasteiger partial charge in [-0.1, -0.05) is 18.2 Å². The van der Waals surface area contributed by atoms with E-state index in [1.165, 1.54) is 0 Å². The number of nitrogens with zero attached hydrogens (tertiary/aromatic N) is 2. The zero-order valence-electron chi connectivity index (χ0n) is 13.9. The highest BCUT2D eigenvalue weighted by Crippen LogP contribution is 2.33. The van der Waals surface area contributed by atoms with Gasteiger partial charge >= 0.3 is 6.18 Å². The Morgan fingerprint density at radius 1 is 1.19 bits per heavy atom. The molecule has 0 spiro atoms. The quantitative estimate of drug-likeness (QED) is 0.465. The van der Waals surface area contributed by atoms with Gasteiger partial charge in [0.1, 0.15) is 15.7 Å². The van der Waals surface area contributed by atoms with Gasteiger partial charge < -0.3 is 5.73 Å². The minimum absolute atomic E-state index is 0.0418. The highest BCUT2D eigenvalue weighted by atomic mass is 32.2. The number of pyridine rings is 1. The molecule has 3 rings (SSSR count). The van der Waals surface area contributed by atoms with Crippen LogP contribution < -0.4 is 5.73 Å². The summed E-state index contributed by atoms with van der Waals surface area (Å²) in [5.41, 5.74) is 7.17. The van der Waals surface area contributed by atoms with Crippen LogP contribution in [0.15, 0.2) is 53.7 Å². The predicted octanol–water partition coefficient (Wildman–Crippen LogP) is 4.87. The zero-order valence-corrected chi connectivity index (χ0v) is 15.5. The van der Waals surface area contributed by atoms with E-state index < -0.39 is 11.9 Å². The van der Waals surface area contributed by atoms with E-state index in [1.54, 1.807) is 42.7 Å². The number of Topliss-reactive ketones (excluding diaryl/α,β-unsaturated/α-hetero) is 1. The van der Waals surface area contributed by atoms with E-state index in [1.807, 2.05) is 6.07 Å². The molecule has 0 unspecified atom stereocenters. The van der Waals surface area contributed by atoms with Crippen LogP contribution in [-0.4, -0.2) is 27.7 Å². The molecule has 4 nitrogen and oxygen atoms in total. The maximum Gasteiger partial charge on any atom is 0.398 e. The Hall–Kier alpha value is -2.39. The highest BCUT2D eigenvalue weighted by molar-refractivity contribution is 7.99. The number of carbonyl (C=O) groups excluding carboxylic acids is 1. The Balaban J connectivity index is 1.80. The van der Waals surface area contributed by atoms with Crippen LogP contribution in [0.2, 0.25) is 0 Å². The third kappa shape index (κ3) is 5.08. The number of benzene rings is 1. The number of thiazole rings is 1. The first-order chi connectivity index (χ1) is 12.8. The average molecular weight is 409 g/mol. The summed E-state index contributed by atoms with van der Waals surface area (Å²) in [6, 6.07) is 10.1. The van der Waals surface area contributed by atoms with Gasteiger partial charge in [0.15, 0.2) is 5.78 Å². The SMILES string of the molecule is Nc1nc(-c2cccnc2)sc1C(=O)Cc1ccccc1SCC(F)(F)F. The van der Waals surface area contributed by atoms with Gasteiger partial charge in [0.2, 0.25) is 0 Å². The summed E-state index contributed by atoms with van der Waals surface area (Å²) in [4.78, 5) is 21.6. The third-order valence-corrected chi connectivity index (χ3v) is 5.87. The Morgan fingerprint density at radius 3 is 2.67 bits per heavy atom. The average Bonchev–Trinajstić information content (AvgIpc) is 3.03. The summed E-state index contributed by atoms with van der Waals surface area (Å²) in [5, 5.41) is 0.573. The molecule has 140 valence electrons. The molecule has 0 amide bonds. The van der Waals surface area contributed by atoms with Gasteiger partial charge in [-0.3, -0.25) is 9.78 Å². The number of ketones is 1. The zero-order chi connectivity index (χ0) is 19.4. The molecule has 1 aromatic carbocycles. The lowest BCUT2D eigenvalue weighted by Gasteiger charge is -2.10. The number of anilines is 1. The number of alkyl halides is 3. The van der Waals surface area contributed by atoms with Crippen molar-refractivity contribution in [1.82, 2.24) is 9.97 Å². The van der Waals surface area contributed by atoms with Gasteiger partial charge in [-0.25, -0.2) is 4.98 Å². The maximum atomic E-state index is 12.7. The molecule has 0 radical (unpaired) electrons. The van der Waals surface area contributed by atoms with Crippen molar-refractivity contribution in [3.05, 3.63) is 59.2 Å². The van der Waals surface area contributed by atoms with Crippen LogP contribution in [0.3, 0.4) is 0 Å². The molecule has 9 heteroatoms. The number of rotatable bonds is 6. The van der Waals surface area contributed by atoms with E-state index in [2.05, 4.69) is 9.97 Å². The summed E-state index contributed by atoms with van der Waals surface area (Å²) >= 11 is 1.82. The number of halogens is 3. The second kappa shape index (κ2) is 8.10. The van der Waals surface area contributed by atoms with Crippen molar-refractivity contribution in [3.63, 3.8) is 0 Å². The molecule has 0 aliphatic rings. The lowest BCUT2D eigenvalue weighted by molar-refractivity contribution is -0.105. The Labute approximate surface area is 161 Å². The van der Waals surface area contributed by atoms with E-state index >= 15 is 0 Å². The van der Waals surface area contributed by atoms with Crippen LogP contribution in [-0.2, 0) is 6.42 Å². The minimum Gasteiger partial charge on any atom is -0.382 e. The van der Waals surface area contributed by atoms with Gasteiger partial charge in [-0.2, -0.15) is 13.2 Å². The van der Waals surface area contributed by atoms with Crippen molar-refractivity contribution in [3.8, 4) is 10.6 Å². The molecular weight excluding hydrogens is 395 g/mol. The van der Waals surface area contributed by atoms with Crippen molar-refractivity contribution in [2.24, 2.45) is 0 Å². The highest BCUT2D eigenvalue weighted by Gasteiger charge is 2.28. The summed E-state index contributed by atoms with van der Waals surface area (Å²) in [5.74, 6) is -1.17. The molecule has 2 heterocycles. The van der Waals surface area contributed by atoms with Crippen molar-refractivity contribution in [1.29, 1.82) is 0 Å². The van der Waals surface area contributed by atoms with Crippen molar-refractivity contribution >= 4 is 34.7 Å². The molecule has 0 atom stereocenters. The van der Waals surface area contributed by atoms with Crippen LogP contribution in [0.25, 0.3) is 10.6 Å². The van der Waals surface area contributed by atoms with E-state index in [0.29, 0.717) is 32.1 Å². The fraction of sp³-hybridized carbons (Fsp3) is 0.167. The number of hydrogen-bond acceptors (Lipinski definition) is 6. The Kier molecular flexibility index (Phi) is 5.81. The third-order valence-electron chi connectivity index (χ3n) is 3.53. The van der Waals surface area contributed by atoms with Gasteiger partial charge in [0.05, 0.1) is 5.75 Å². The van der Waals surface area contributed by atoms with Crippen LogP contribution in [0.1, 0.15) is 15.2 Å². The molecule has 27 heavy (non-hydrogen) atoms. The Bertz CT molecular complexity index is 943. The van der Waals surface area contributed by atoms with Crippen molar-refractivity contribution in [2.45, 2.75) is 17.5 Å². The van der Waals surface area contributed by atoms with E-state index in [9.17, 15) is 18.0 Å². The topological polar surface area (TPSA) is 68.9 Å². The molecule has 2 aromatic heterocycles. The first-order valence-corrected chi connectivity index (χ1v) is 9.61. The number of thioether (sulfide) groups is 1. The standard InChI is InChI=1S/C18H14F3N3OS2/c19-18(20,21)10-26-14-6-2-1-4-11(14)8-13(25)15-16(22)24-17(27-15)12-5-3-7-23-9-12/h1-7,9H,8,10,22H2. The van der Waals surface area contributed by atoms with E-state index in [4.69, 9.17) is 5.73 Å². The molecule has 0 fully saturated rings. The van der Waals surface area contributed by atoms with Crippen molar-refractivity contribution < 1.29 is 18.0 Å². The van der Waals surface area contributed by atoms with Crippen molar-refractivity contribution in [2.75, 3.05) is 11.5 Å². The van der Waals surface area contributed by atoms with Crippen LogP contribution in [0, 0.1) is 0 Å². The minimum atomic E-state index is -4.28. The van der Waals surface area contributed by atoms with E-state index in [-0.39, 0.29) is 18.0 Å². The lowest BCUT2D eigenvalue weighted by atomic mass is 10.1. The molecule has 0 bridgehead atoms. The normalized spacial score (nSPS) is 11.5. The van der Waals surface area contributed by atoms with Gasteiger partial charge in [-0.15, -0.1) is 23.1 Å². The first kappa shape index (κ1) is 19.4. The number of carbonyl (C=O) groups is 1. The maximum absolute atomic E-state index is 12.7. The second-order valence-electron chi connectivity index (χ2n) is 5.59. The fourth-order valence-corrected chi connectivity index (χ4v) is 4.08. The molecule has 0 aliphatic carbocycles. The summed E-state index contributed by atoms with van der Waals surface area (Å²) in [7, 11) is 0. The second-order valence-corrected chi connectivity index (χ2v) is 7.60. The number of aromatic nitrogens is 2. The monoisotopic (exact) mass is 409 g/mol. The summed E-state index contributed by atoms with van der Waals surface area (Å²) in [6.45, 7) is 0. The van der Waals surface area contributed by atoms with Crippen LogP contribution in [0.5, 0.6) is 0 Å². The summed E-state index contributed by atoms with van der Waals surface area (Å²) < 4.78 is 37.5. The van der Waals surface area contributed by atoms with Crippen LogP contribution >= 0.6 is 23.1 Å². The first-order valence-electron chi connectivity index (χ1n) is 7.81. The number of hydrogen-bond donors (Lipinski definition) is 1. The van der Waals surface area contributed by atoms with Gasteiger partial charge in [0.25, 0.3) is 0 Å². The van der Waals surface area contributed by atoms with Gasteiger partial charge in [-0.05, 0) is 23.8 Å². The number of nitrogen functional groups attached to an aromatic ring is 1. The largest absolute Gasteiger partial charge is 0.398 e. The van der Waals surface area contributed by atoms with Gasteiger partial charge in [0, 0.05) is 29.3 Å². The smallest absolute Gasteiger partial charge is 0.382 e. The van der Waals surface area contributed by atoms with Crippen LogP contribution in [0.4, 0.5) is 19.0 Å². The molecule has 0 saturated heterocycles. The number of nitrogens with two attached hydrogens (primary N) is 1. The predicted molar refractivity (Wildman–Crippen MR) is 101 cm³/mol. The Morgan fingerprint density at radius 2 is 1.96 bits per heavy atom. The molecule has 0 saturated carbocycles. The van der Waals surface area contributed by atoms with E-state index in [0.717, 1.165) is 16.9 Å². The molecule has 3 aromatic rings. The lowest BCUT2D eigenvalue weighted by Crippen LogP contribution is -2.11. The molecule has 0 aliphatic heterocycles. The molecule has 2 N–H and O–H groups in total.